The largest absolute Gasteiger partial charge is 0.573 e. The van der Waals surface area contributed by atoms with Crippen LogP contribution in [0.2, 0.25) is 0 Å². The van der Waals surface area contributed by atoms with Crippen LogP contribution in [-0.2, 0) is 0 Å². The molecule has 0 aliphatic rings. The van der Waals surface area contributed by atoms with Crippen LogP contribution in [0.25, 0.3) is 0 Å². The van der Waals surface area contributed by atoms with Crippen molar-refractivity contribution in [1.29, 1.82) is 0 Å². The maximum absolute atomic E-state index is 12.0. The number of rotatable bonds is 7. The van der Waals surface area contributed by atoms with Gasteiger partial charge in [0.05, 0.1) is 0 Å². The van der Waals surface area contributed by atoms with Gasteiger partial charge >= 0.3 is 6.36 Å². The highest BCUT2D eigenvalue weighted by Gasteiger charge is 2.30. The number of hydrogen-bond acceptors (Lipinski definition) is 2. The molecule has 1 aromatic carbocycles. The Kier molecular flexibility index (Phi) is 6.33. The summed E-state index contributed by atoms with van der Waals surface area (Å²) < 4.78 is 40.0. The Hall–Kier alpha value is -1.23. The second-order valence-electron chi connectivity index (χ2n) is 5.33. The van der Waals surface area contributed by atoms with Crippen molar-refractivity contribution < 1.29 is 17.9 Å². The summed E-state index contributed by atoms with van der Waals surface area (Å²) in [4.78, 5) is 0. The summed E-state index contributed by atoms with van der Waals surface area (Å²) in [5, 5.41) is 3.36. The Morgan fingerprint density at radius 2 is 1.70 bits per heavy atom. The highest BCUT2D eigenvalue weighted by atomic mass is 19.4. The van der Waals surface area contributed by atoms with Gasteiger partial charge in [0.25, 0.3) is 0 Å². The van der Waals surface area contributed by atoms with Gasteiger partial charge in [-0.3, -0.25) is 0 Å². The molecule has 20 heavy (non-hydrogen) atoms. The van der Waals surface area contributed by atoms with Crippen molar-refractivity contribution in [2.45, 2.75) is 46.0 Å². The first-order chi connectivity index (χ1) is 9.28. The molecule has 0 aliphatic heterocycles. The average Bonchev–Trinajstić information content (AvgIpc) is 2.33. The zero-order valence-corrected chi connectivity index (χ0v) is 12.1. The van der Waals surface area contributed by atoms with Gasteiger partial charge in [-0.2, -0.15) is 0 Å². The number of nitrogens with one attached hydrogen (secondary N) is 1. The molecule has 0 aliphatic carbocycles. The fourth-order valence-electron chi connectivity index (χ4n) is 1.90. The fraction of sp³-hybridized carbons (Fsp3) is 0.600. The first-order valence-electron chi connectivity index (χ1n) is 6.87. The van der Waals surface area contributed by atoms with Gasteiger partial charge in [0.15, 0.2) is 0 Å². The van der Waals surface area contributed by atoms with E-state index in [1.165, 1.54) is 12.1 Å². The average molecular weight is 289 g/mol. The number of ether oxygens (including phenoxy) is 1. The monoisotopic (exact) mass is 289 g/mol. The summed E-state index contributed by atoms with van der Waals surface area (Å²) in [5.74, 6) is 0.499. The minimum Gasteiger partial charge on any atom is -0.406 e. The third kappa shape index (κ3) is 6.80. The molecule has 1 aromatic rings. The minimum absolute atomic E-state index is 0.113. The quantitative estimate of drug-likeness (QED) is 0.736. The van der Waals surface area contributed by atoms with Crippen LogP contribution in [0.4, 0.5) is 13.2 Å². The molecule has 0 spiro atoms. The predicted octanol–water partition coefficient (Wildman–Crippen LogP) is 4.67. The van der Waals surface area contributed by atoms with E-state index in [0.717, 1.165) is 24.9 Å². The number of hydrogen-bond donors (Lipinski definition) is 1. The molecule has 0 heterocycles. The Morgan fingerprint density at radius 1 is 1.10 bits per heavy atom. The lowest BCUT2D eigenvalue weighted by Gasteiger charge is -2.15. The third-order valence-corrected chi connectivity index (χ3v) is 3.02. The molecule has 0 radical (unpaired) electrons. The van der Waals surface area contributed by atoms with Gasteiger partial charge in [0, 0.05) is 6.04 Å². The van der Waals surface area contributed by atoms with Crippen molar-refractivity contribution >= 4 is 0 Å². The van der Waals surface area contributed by atoms with Crippen LogP contribution in [0.5, 0.6) is 5.75 Å². The Morgan fingerprint density at radius 3 is 2.20 bits per heavy atom. The Bertz CT molecular complexity index is 387. The van der Waals surface area contributed by atoms with E-state index in [-0.39, 0.29) is 11.8 Å². The molecule has 0 saturated carbocycles. The predicted molar refractivity (Wildman–Crippen MR) is 73.6 cm³/mol. The molecular formula is C15H22F3NO. The van der Waals surface area contributed by atoms with Gasteiger partial charge in [-0.25, -0.2) is 0 Å². The third-order valence-electron chi connectivity index (χ3n) is 3.02. The number of halogens is 3. The van der Waals surface area contributed by atoms with Gasteiger partial charge in [-0.05, 0) is 49.9 Å². The van der Waals surface area contributed by atoms with Crippen LogP contribution in [0.15, 0.2) is 24.3 Å². The van der Waals surface area contributed by atoms with Crippen LogP contribution < -0.4 is 10.1 Å². The molecule has 1 atom stereocenters. The van der Waals surface area contributed by atoms with E-state index in [1.54, 1.807) is 12.1 Å². The second-order valence-corrected chi connectivity index (χ2v) is 5.33. The first-order valence-corrected chi connectivity index (χ1v) is 6.87. The van der Waals surface area contributed by atoms with E-state index in [2.05, 4.69) is 23.9 Å². The van der Waals surface area contributed by atoms with Gasteiger partial charge in [0.1, 0.15) is 5.75 Å². The van der Waals surface area contributed by atoms with E-state index < -0.39 is 6.36 Å². The Labute approximate surface area is 118 Å². The van der Waals surface area contributed by atoms with Crippen LogP contribution in [-0.4, -0.2) is 12.9 Å². The number of benzene rings is 1. The topological polar surface area (TPSA) is 21.3 Å². The molecule has 2 nitrogen and oxygen atoms in total. The molecular weight excluding hydrogens is 267 g/mol. The zero-order chi connectivity index (χ0) is 15.2. The van der Waals surface area contributed by atoms with Crippen molar-refractivity contribution in [3.63, 3.8) is 0 Å². The van der Waals surface area contributed by atoms with E-state index in [9.17, 15) is 13.2 Å². The molecule has 1 rings (SSSR count). The van der Waals surface area contributed by atoms with Crippen LogP contribution in [0.1, 0.15) is 45.2 Å². The Balaban J connectivity index is 2.43. The molecule has 0 saturated heterocycles. The van der Waals surface area contributed by atoms with Crippen molar-refractivity contribution in [3.8, 4) is 5.75 Å². The van der Waals surface area contributed by atoms with Crippen molar-refractivity contribution in [2.24, 2.45) is 5.92 Å². The lowest BCUT2D eigenvalue weighted by atomic mass is 10.1. The molecule has 0 aromatic heterocycles. The standard InChI is InChI=1S/C15H22F3NO/c1-11(2)5-4-10-19-12(3)13-6-8-14(9-7-13)20-15(16,17)18/h6-9,11-12,19H,4-5,10H2,1-3H3. The first kappa shape index (κ1) is 16.8. The summed E-state index contributed by atoms with van der Waals surface area (Å²) in [7, 11) is 0. The normalized spacial score (nSPS) is 13.6. The molecule has 0 bridgehead atoms. The van der Waals surface area contributed by atoms with E-state index >= 15 is 0 Å². The van der Waals surface area contributed by atoms with E-state index in [4.69, 9.17) is 0 Å². The highest BCUT2D eigenvalue weighted by Crippen LogP contribution is 2.24. The van der Waals surface area contributed by atoms with Crippen LogP contribution >= 0.6 is 0 Å². The van der Waals surface area contributed by atoms with E-state index in [1.807, 2.05) is 6.92 Å². The minimum atomic E-state index is -4.64. The molecule has 1 N–H and O–H groups in total. The van der Waals surface area contributed by atoms with Crippen molar-refractivity contribution in [2.75, 3.05) is 6.54 Å². The van der Waals surface area contributed by atoms with Crippen LogP contribution in [0.3, 0.4) is 0 Å². The SMILES string of the molecule is CC(C)CCCNC(C)c1ccc(OC(F)(F)F)cc1. The maximum Gasteiger partial charge on any atom is 0.573 e. The maximum atomic E-state index is 12.0. The second kappa shape index (κ2) is 7.53. The molecule has 114 valence electrons. The molecule has 0 amide bonds. The van der Waals surface area contributed by atoms with Crippen molar-refractivity contribution in [3.05, 3.63) is 29.8 Å². The van der Waals surface area contributed by atoms with Gasteiger partial charge < -0.3 is 10.1 Å². The molecule has 1 unspecified atom stereocenters. The fourth-order valence-corrected chi connectivity index (χ4v) is 1.90. The number of alkyl halides is 3. The van der Waals surface area contributed by atoms with Gasteiger partial charge in [-0.15, -0.1) is 13.2 Å². The smallest absolute Gasteiger partial charge is 0.406 e. The summed E-state index contributed by atoms with van der Waals surface area (Å²) in [5.41, 5.74) is 0.948. The van der Waals surface area contributed by atoms with Crippen LogP contribution in [0, 0.1) is 5.92 Å². The summed E-state index contributed by atoms with van der Waals surface area (Å²) in [6, 6.07) is 6.11. The summed E-state index contributed by atoms with van der Waals surface area (Å²) in [6.45, 7) is 7.26. The summed E-state index contributed by atoms with van der Waals surface area (Å²) >= 11 is 0. The molecule has 0 fully saturated rings. The lowest BCUT2D eigenvalue weighted by Crippen LogP contribution is -2.20. The van der Waals surface area contributed by atoms with Crippen molar-refractivity contribution in [1.82, 2.24) is 5.32 Å². The summed E-state index contributed by atoms with van der Waals surface area (Å²) in [6.07, 6.45) is -2.38. The lowest BCUT2D eigenvalue weighted by molar-refractivity contribution is -0.274. The zero-order valence-electron chi connectivity index (χ0n) is 12.1. The molecule has 5 heteroatoms. The van der Waals surface area contributed by atoms with Gasteiger partial charge in [0.2, 0.25) is 0 Å². The van der Waals surface area contributed by atoms with Gasteiger partial charge in [-0.1, -0.05) is 26.0 Å². The van der Waals surface area contributed by atoms with E-state index in [0.29, 0.717) is 5.92 Å². The highest BCUT2D eigenvalue weighted by molar-refractivity contribution is 5.29.